The molecule has 0 atom stereocenters. The SMILES string of the molecule is COc1ccc(CN(Cc2ccc(OC)cc2)S(=O)(=O)c2cc(CN(C)C)n(C(C)C)n2)cc1. The number of aromatic nitrogens is 2. The molecule has 0 N–H and O–H groups in total. The fourth-order valence-electron chi connectivity index (χ4n) is 3.65. The molecule has 0 aliphatic carbocycles. The highest BCUT2D eigenvalue weighted by atomic mass is 32.2. The second-order valence-corrected chi connectivity index (χ2v) is 10.6. The maximum absolute atomic E-state index is 13.8. The van der Waals surface area contributed by atoms with Gasteiger partial charge in [0, 0.05) is 31.7 Å². The molecule has 0 fully saturated rings. The Bertz CT molecular complexity index is 1120. The molecule has 184 valence electrons. The third kappa shape index (κ3) is 6.16. The van der Waals surface area contributed by atoms with Crippen molar-refractivity contribution < 1.29 is 17.9 Å². The van der Waals surface area contributed by atoms with Crippen LogP contribution in [0.3, 0.4) is 0 Å². The molecule has 3 rings (SSSR count). The number of hydrogen-bond acceptors (Lipinski definition) is 6. The van der Waals surface area contributed by atoms with Gasteiger partial charge in [-0.25, -0.2) is 8.42 Å². The van der Waals surface area contributed by atoms with Crippen molar-refractivity contribution in [2.45, 2.75) is 44.5 Å². The molecule has 34 heavy (non-hydrogen) atoms. The van der Waals surface area contributed by atoms with Crippen molar-refractivity contribution in [2.75, 3.05) is 28.3 Å². The molecule has 3 aromatic rings. The largest absolute Gasteiger partial charge is 0.497 e. The maximum atomic E-state index is 13.8. The lowest BCUT2D eigenvalue weighted by molar-refractivity contribution is 0.371. The minimum atomic E-state index is -3.88. The van der Waals surface area contributed by atoms with Crippen LogP contribution in [0.1, 0.15) is 36.7 Å². The molecule has 2 aromatic carbocycles. The van der Waals surface area contributed by atoms with Crippen molar-refractivity contribution in [1.82, 2.24) is 19.0 Å². The van der Waals surface area contributed by atoms with Gasteiger partial charge in [0.2, 0.25) is 0 Å². The van der Waals surface area contributed by atoms with E-state index in [1.54, 1.807) is 25.0 Å². The number of ether oxygens (including phenoxy) is 2. The average Bonchev–Trinajstić information content (AvgIpc) is 3.24. The van der Waals surface area contributed by atoms with Crippen LogP contribution >= 0.6 is 0 Å². The number of hydrogen-bond donors (Lipinski definition) is 0. The fourth-order valence-corrected chi connectivity index (χ4v) is 5.03. The van der Waals surface area contributed by atoms with Crippen molar-refractivity contribution in [1.29, 1.82) is 0 Å². The van der Waals surface area contributed by atoms with Gasteiger partial charge in [-0.3, -0.25) is 4.68 Å². The zero-order chi connectivity index (χ0) is 24.9. The van der Waals surface area contributed by atoms with Crippen LogP contribution in [0.5, 0.6) is 11.5 Å². The molecule has 0 aliphatic heterocycles. The highest BCUT2D eigenvalue weighted by Gasteiger charge is 2.29. The predicted molar refractivity (Wildman–Crippen MR) is 132 cm³/mol. The number of rotatable bonds is 11. The molecule has 0 unspecified atom stereocenters. The Morgan fingerprint density at radius 3 is 1.71 bits per heavy atom. The molecular formula is C25H34N4O4S. The quantitative estimate of drug-likeness (QED) is 0.409. The zero-order valence-corrected chi connectivity index (χ0v) is 21.5. The number of nitrogens with zero attached hydrogens (tertiary/aromatic N) is 4. The predicted octanol–water partition coefficient (Wildman–Crippen LogP) is 3.93. The lowest BCUT2D eigenvalue weighted by Crippen LogP contribution is -2.30. The first kappa shape index (κ1) is 25.7. The molecule has 0 bridgehead atoms. The number of sulfonamides is 1. The summed E-state index contributed by atoms with van der Waals surface area (Å²) >= 11 is 0. The van der Waals surface area contributed by atoms with E-state index in [1.807, 2.05) is 81.4 Å². The Morgan fingerprint density at radius 2 is 1.32 bits per heavy atom. The topological polar surface area (TPSA) is 76.9 Å². The van der Waals surface area contributed by atoms with E-state index >= 15 is 0 Å². The minimum Gasteiger partial charge on any atom is -0.497 e. The molecule has 1 heterocycles. The molecule has 9 heteroatoms. The van der Waals surface area contributed by atoms with E-state index in [4.69, 9.17) is 9.47 Å². The van der Waals surface area contributed by atoms with Gasteiger partial charge in [0.25, 0.3) is 10.0 Å². The first-order chi connectivity index (χ1) is 16.1. The Kier molecular flexibility index (Phi) is 8.35. The van der Waals surface area contributed by atoms with E-state index in [9.17, 15) is 8.42 Å². The van der Waals surface area contributed by atoms with Gasteiger partial charge in [-0.1, -0.05) is 24.3 Å². The van der Waals surface area contributed by atoms with E-state index in [0.717, 1.165) is 28.3 Å². The second-order valence-electron chi connectivity index (χ2n) is 8.72. The molecule has 0 saturated carbocycles. The van der Waals surface area contributed by atoms with Gasteiger partial charge in [-0.15, -0.1) is 0 Å². The van der Waals surface area contributed by atoms with Gasteiger partial charge < -0.3 is 14.4 Å². The van der Waals surface area contributed by atoms with Crippen LogP contribution < -0.4 is 9.47 Å². The van der Waals surface area contributed by atoms with Crippen molar-refractivity contribution in [2.24, 2.45) is 0 Å². The second kappa shape index (κ2) is 11.0. The summed E-state index contributed by atoms with van der Waals surface area (Å²) in [4.78, 5) is 2.00. The van der Waals surface area contributed by atoms with Crippen molar-refractivity contribution in [3.8, 4) is 11.5 Å². The first-order valence-corrected chi connectivity index (χ1v) is 12.6. The van der Waals surface area contributed by atoms with Crippen LogP contribution in [-0.4, -0.2) is 55.7 Å². The molecule has 1 aromatic heterocycles. The standard InChI is InChI=1S/C25H34N4O4S/c1-19(2)29-22(18-27(3)4)15-25(26-29)34(30,31)28(16-20-7-11-23(32-5)12-8-20)17-21-9-13-24(33-6)14-10-21/h7-15,19H,16-18H2,1-6H3. The van der Waals surface area contributed by atoms with Gasteiger partial charge in [0.05, 0.1) is 19.9 Å². The van der Waals surface area contributed by atoms with Crippen LogP contribution in [0.2, 0.25) is 0 Å². The summed E-state index contributed by atoms with van der Waals surface area (Å²) < 4.78 is 41.4. The van der Waals surface area contributed by atoms with Crippen LogP contribution in [0.15, 0.2) is 59.6 Å². The van der Waals surface area contributed by atoms with Crippen molar-refractivity contribution in [3.63, 3.8) is 0 Å². The van der Waals surface area contributed by atoms with E-state index in [2.05, 4.69) is 5.10 Å². The van der Waals surface area contributed by atoms with Gasteiger partial charge in [0.15, 0.2) is 5.03 Å². The lowest BCUT2D eigenvalue weighted by Gasteiger charge is -2.22. The Labute approximate surface area is 202 Å². The monoisotopic (exact) mass is 486 g/mol. The summed E-state index contributed by atoms with van der Waals surface area (Å²) in [5, 5.41) is 4.57. The summed E-state index contributed by atoms with van der Waals surface area (Å²) in [5.74, 6) is 1.44. The number of methoxy groups -OCH3 is 2. The zero-order valence-electron chi connectivity index (χ0n) is 20.7. The van der Waals surface area contributed by atoms with E-state index in [0.29, 0.717) is 6.54 Å². The first-order valence-electron chi connectivity index (χ1n) is 11.1. The third-order valence-electron chi connectivity index (χ3n) is 5.40. The van der Waals surface area contributed by atoms with Gasteiger partial charge in [0.1, 0.15) is 11.5 Å². The molecule has 8 nitrogen and oxygen atoms in total. The molecule has 0 amide bonds. The Balaban J connectivity index is 2.00. The van der Waals surface area contributed by atoms with Crippen LogP contribution in [0.25, 0.3) is 0 Å². The molecule has 0 aliphatic rings. The fraction of sp³-hybridized carbons (Fsp3) is 0.400. The number of benzene rings is 2. The van der Waals surface area contributed by atoms with Crippen LogP contribution in [-0.2, 0) is 29.7 Å². The van der Waals surface area contributed by atoms with Crippen molar-refractivity contribution >= 4 is 10.0 Å². The highest BCUT2D eigenvalue weighted by Crippen LogP contribution is 2.25. The third-order valence-corrected chi connectivity index (χ3v) is 7.06. The van der Waals surface area contributed by atoms with Crippen LogP contribution in [0.4, 0.5) is 0 Å². The van der Waals surface area contributed by atoms with E-state index in [-0.39, 0.29) is 24.2 Å². The summed E-state index contributed by atoms with van der Waals surface area (Å²) in [7, 11) is 3.23. The summed E-state index contributed by atoms with van der Waals surface area (Å²) in [6.45, 7) is 4.99. The average molecular weight is 487 g/mol. The normalized spacial score (nSPS) is 12.0. The van der Waals surface area contributed by atoms with Gasteiger partial charge in [-0.2, -0.15) is 9.40 Å². The van der Waals surface area contributed by atoms with Gasteiger partial charge in [-0.05, 0) is 63.3 Å². The molecule has 0 radical (unpaired) electrons. The van der Waals surface area contributed by atoms with Crippen LogP contribution in [0, 0.1) is 0 Å². The summed E-state index contributed by atoms with van der Waals surface area (Å²) in [5.41, 5.74) is 2.57. The summed E-state index contributed by atoms with van der Waals surface area (Å²) in [6.07, 6.45) is 0. The van der Waals surface area contributed by atoms with Gasteiger partial charge >= 0.3 is 0 Å². The maximum Gasteiger partial charge on any atom is 0.263 e. The molecular weight excluding hydrogens is 452 g/mol. The smallest absolute Gasteiger partial charge is 0.263 e. The highest BCUT2D eigenvalue weighted by molar-refractivity contribution is 7.89. The Hall–Kier alpha value is -2.88. The molecule has 0 saturated heterocycles. The minimum absolute atomic E-state index is 0.0375. The molecule has 0 spiro atoms. The van der Waals surface area contributed by atoms with E-state index < -0.39 is 10.0 Å². The van der Waals surface area contributed by atoms with Crippen molar-refractivity contribution in [3.05, 3.63) is 71.4 Å². The summed E-state index contributed by atoms with van der Waals surface area (Å²) in [6, 6.07) is 16.5. The van der Waals surface area contributed by atoms with E-state index in [1.165, 1.54) is 4.31 Å². The lowest BCUT2D eigenvalue weighted by atomic mass is 10.2. The Morgan fingerprint density at radius 1 is 0.853 bits per heavy atom.